The predicted molar refractivity (Wildman–Crippen MR) is 80.9 cm³/mol. The van der Waals surface area contributed by atoms with Gasteiger partial charge in [0.05, 0.1) is 16.6 Å². The van der Waals surface area contributed by atoms with E-state index in [1.54, 1.807) is 23.1 Å². The molecule has 0 aliphatic rings. The monoisotopic (exact) mass is 299 g/mol. The fourth-order valence-corrected chi connectivity index (χ4v) is 2.23. The maximum Gasteiger partial charge on any atom is 0.293 e. The lowest BCUT2D eigenvalue weighted by Crippen LogP contribution is -2.23. The van der Waals surface area contributed by atoms with Crippen LogP contribution in [0.4, 0.5) is 15.8 Å². The van der Waals surface area contributed by atoms with Gasteiger partial charge in [-0.2, -0.15) is 5.26 Å². The first kappa shape index (κ1) is 15.4. The van der Waals surface area contributed by atoms with E-state index in [0.717, 1.165) is 5.56 Å². The van der Waals surface area contributed by atoms with E-state index in [9.17, 15) is 14.5 Å². The molecule has 0 aromatic heterocycles. The van der Waals surface area contributed by atoms with Gasteiger partial charge in [0.1, 0.15) is 11.5 Å². The summed E-state index contributed by atoms with van der Waals surface area (Å²) in [5, 5.41) is 20.1. The minimum atomic E-state index is -0.510. The Labute approximate surface area is 127 Å². The maximum absolute atomic E-state index is 13.3. The van der Waals surface area contributed by atoms with Crippen LogP contribution in [0.3, 0.4) is 0 Å². The normalized spacial score (nSPS) is 10.0. The number of nitro benzene ring substituents is 1. The number of benzene rings is 2. The number of nitriles is 1. The SMILES string of the molecule is CCN(Cc1cccc(F)c1)c1ccc(C#N)cc1[N+](=O)[O-]. The molecule has 0 fully saturated rings. The molecule has 0 N–H and O–H groups in total. The number of nitrogens with zero attached hydrogens (tertiary/aromatic N) is 3. The summed E-state index contributed by atoms with van der Waals surface area (Å²) in [5.41, 5.74) is 1.24. The Hall–Kier alpha value is -2.94. The van der Waals surface area contributed by atoms with E-state index in [-0.39, 0.29) is 17.1 Å². The van der Waals surface area contributed by atoms with Crippen molar-refractivity contribution >= 4 is 11.4 Å². The molecular formula is C16H14FN3O2. The molecule has 6 heteroatoms. The zero-order valence-electron chi connectivity index (χ0n) is 12.0. The fraction of sp³-hybridized carbons (Fsp3) is 0.188. The van der Waals surface area contributed by atoms with Gasteiger partial charge in [0.25, 0.3) is 5.69 Å². The van der Waals surface area contributed by atoms with E-state index in [0.29, 0.717) is 18.8 Å². The van der Waals surface area contributed by atoms with Gasteiger partial charge in [0, 0.05) is 19.2 Å². The van der Waals surface area contributed by atoms with E-state index in [1.165, 1.54) is 24.3 Å². The number of hydrogen-bond acceptors (Lipinski definition) is 4. The van der Waals surface area contributed by atoms with Crippen molar-refractivity contribution in [2.45, 2.75) is 13.5 Å². The van der Waals surface area contributed by atoms with Crippen LogP contribution in [0.5, 0.6) is 0 Å². The van der Waals surface area contributed by atoms with E-state index in [1.807, 2.05) is 13.0 Å². The van der Waals surface area contributed by atoms with Crippen molar-refractivity contribution in [1.29, 1.82) is 5.26 Å². The highest BCUT2D eigenvalue weighted by molar-refractivity contribution is 5.65. The predicted octanol–water partition coefficient (Wildman–Crippen LogP) is 3.63. The summed E-state index contributed by atoms with van der Waals surface area (Å²) >= 11 is 0. The molecule has 22 heavy (non-hydrogen) atoms. The highest BCUT2D eigenvalue weighted by atomic mass is 19.1. The van der Waals surface area contributed by atoms with Crippen molar-refractivity contribution in [2.75, 3.05) is 11.4 Å². The van der Waals surface area contributed by atoms with Crippen molar-refractivity contribution in [3.63, 3.8) is 0 Å². The first-order valence-electron chi connectivity index (χ1n) is 6.73. The quantitative estimate of drug-likeness (QED) is 0.624. The minimum Gasteiger partial charge on any atom is -0.362 e. The third-order valence-electron chi connectivity index (χ3n) is 3.29. The Bertz CT molecular complexity index is 740. The number of anilines is 1. The van der Waals surface area contributed by atoms with Crippen LogP contribution >= 0.6 is 0 Å². The van der Waals surface area contributed by atoms with Gasteiger partial charge in [0.15, 0.2) is 0 Å². The molecule has 2 aromatic carbocycles. The summed E-state index contributed by atoms with van der Waals surface area (Å²) in [7, 11) is 0. The van der Waals surface area contributed by atoms with Crippen LogP contribution in [-0.4, -0.2) is 11.5 Å². The topological polar surface area (TPSA) is 70.2 Å². The Balaban J connectivity index is 2.39. The highest BCUT2D eigenvalue weighted by Crippen LogP contribution is 2.30. The van der Waals surface area contributed by atoms with Gasteiger partial charge in [-0.15, -0.1) is 0 Å². The molecule has 2 rings (SSSR count). The molecule has 0 radical (unpaired) electrons. The van der Waals surface area contributed by atoms with E-state index in [4.69, 9.17) is 5.26 Å². The number of hydrogen-bond donors (Lipinski definition) is 0. The first-order chi connectivity index (χ1) is 10.5. The molecule has 112 valence electrons. The average molecular weight is 299 g/mol. The van der Waals surface area contributed by atoms with Crippen LogP contribution < -0.4 is 4.90 Å². The molecule has 2 aromatic rings. The van der Waals surface area contributed by atoms with Crippen molar-refractivity contribution in [3.05, 3.63) is 69.5 Å². The third-order valence-corrected chi connectivity index (χ3v) is 3.29. The summed E-state index contributed by atoms with van der Waals surface area (Å²) < 4.78 is 13.3. The van der Waals surface area contributed by atoms with Crippen LogP contribution in [0.15, 0.2) is 42.5 Å². The van der Waals surface area contributed by atoms with Gasteiger partial charge in [-0.3, -0.25) is 10.1 Å². The lowest BCUT2D eigenvalue weighted by molar-refractivity contribution is -0.384. The molecule has 0 atom stereocenters. The molecule has 0 aliphatic carbocycles. The summed E-state index contributed by atoms with van der Waals surface area (Å²) in [6.45, 7) is 2.73. The molecule has 0 spiro atoms. The maximum atomic E-state index is 13.3. The van der Waals surface area contributed by atoms with E-state index >= 15 is 0 Å². The lowest BCUT2D eigenvalue weighted by atomic mass is 10.1. The van der Waals surface area contributed by atoms with Crippen LogP contribution in [0.1, 0.15) is 18.1 Å². The van der Waals surface area contributed by atoms with Crippen molar-refractivity contribution in [3.8, 4) is 6.07 Å². The minimum absolute atomic E-state index is 0.127. The number of nitro groups is 1. The lowest BCUT2D eigenvalue weighted by Gasteiger charge is -2.23. The number of rotatable bonds is 5. The Kier molecular flexibility index (Phi) is 4.69. The van der Waals surface area contributed by atoms with E-state index in [2.05, 4.69) is 0 Å². The molecule has 0 saturated carbocycles. The molecule has 0 saturated heterocycles. The van der Waals surface area contributed by atoms with Crippen LogP contribution in [-0.2, 0) is 6.54 Å². The van der Waals surface area contributed by atoms with Crippen molar-refractivity contribution in [2.24, 2.45) is 0 Å². The van der Waals surface area contributed by atoms with Gasteiger partial charge < -0.3 is 4.90 Å². The van der Waals surface area contributed by atoms with Crippen molar-refractivity contribution in [1.82, 2.24) is 0 Å². The molecule has 5 nitrogen and oxygen atoms in total. The summed E-state index contributed by atoms with van der Waals surface area (Å²) in [6.07, 6.45) is 0. The molecule has 0 bridgehead atoms. The zero-order valence-corrected chi connectivity index (χ0v) is 12.0. The molecular weight excluding hydrogens is 285 g/mol. The third kappa shape index (κ3) is 3.38. The molecule has 0 heterocycles. The van der Waals surface area contributed by atoms with Gasteiger partial charge in [0.2, 0.25) is 0 Å². The van der Waals surface area contributed by atoms with Gasteiger partial charge in [-0.05, 0) is 36.8 Å². The standard InChI is InChI=1S/C16H14FN3O2/c1-2-19(11-13-4-3-5-14(17)8-13)15-7-6-12(10-18)9-16(15)20(21)22/h3-9H,2,11H2,1H3. The van der Waals surface area contributed by atoms with E-state index < -0.39 is 4.92 Å². The Morgan fingerprint density at radius 2 is 2.09 bits per heavy atom. The second-order valence-corrected chi connectivity index (χ2v) is 4.72. The smallest absolute Gasteiger partial charge is 0.293 e. The van der Waals surface area contributed by atoms with Crippen LogP contribution in [0, 0.1) is 27.3 Å². The van der Waals surface area contributed by atoms with Gasteiger partial charge in [-0.25, -0.2) is 4.39 Å². The van der Waals surface area contributed by atoms with Crippen molar-refractivity contribution < 1.29 is 9.31 Å². The first-order valence-corrected chi connectivity index (χ1v) is 6.73. The molecule has 0 aliphatic heterocycles. The average Bonchev–Trinajstić information content (AvgIpc) is 2.52. The largest absolute Gasteiger partial charge is 0.362 e. The van der Waals surface area contributed by atoms with Crippen LogP contribution in [0.2, 0.25) is 0 Å². The van der Waals surface area contributed by atoms with Gasteiger partial charge in [-0.1, -0.05) is 12.1 Å². The van der Waals surface area contributed by atoms with Crippen LogP contribution in [0.25, 0.3) is 0 Å². The molecule has 0 unspecified atom stereocenters. The Morgan fingerprint density at radius 1 is 1.32 bits per heavy atom. The molecule has 0 amide bonds. The Morgan fingerprint density at radius 3 is 2.68 bits per heavy atom. The second-order valence-electron chi connectivity index (χ2n) is 4.72. The summed E-state index contributed by atoms with van der Waals surface area (Å²) in [4.78, 5) is 12.5. The highest BCUT2D eigenvalue weighted by Gasteiger charge is 2.19. The summed E-state index contributed by atoms with van der Waals surface area (Å²) in [6, 6.07) is 12.4. The van der Waals surface area contributed by atoms with Gasteiger partial charge >= 0.3 is 0 Å². The fourth-order valence-electron chi connectivity index (χ4n) is 2.23. The number of halogens is 1. The zero-order chi connectivity index (χ0) is 16.1. The summed E-state index contributed by atoms with van der Waals surface area (Å²) in [5.74, 6) is -0.345. The second kappa shape index (κ2) is 6.68.